The number of piperazine rings is 1. The monoisotopic (exact) mass is 269 g/mol. The first-order chi connectivity index (χ1) is 8.78. The lowest BCUT2D eigenvalue weighted by atomic mass is 10.2. The van der Waals surface area contributed by atoms with Gasteiger partial charge in [0.15, 0.2) is 0 Å². The highest BCUT2D eigenvalue weighted by molar-refractivity contribution is 7.09. The van der Waals surface area contributed by atoms with Crippen LogP contribution in [-0.2, 0) is 6.42 Å². The van der Waals surface area contributed by atoms with Gasteiger partial charge in [-0.15, -0.1) is 11.3 Å². The fourth-order valence-corrected chi connectivity index (χ4v) is 2.99. The van der Waals surface area contributed by atoms with Gasteiger partial charge < -0.3 is 15.7 Å². The Morgan fingerprint density at radius 3 is 2.61 bits per heavy atom. The molecule has 0 aromatic carbocycles. The van der Waals surface area contributed by atoms with Gasteiger partial charge >= 0.3 is 0 Å². The minimum Gasteiger partial charge on any atom is -0.390 e. The summed E-state index contributed by atoms with van der Waals surface area (Å²) < 4.78 is 0. The van der Waals surface area contributed by atoms with E-state index >= 15 is 0 Å². The zero-order valence-electron chi connectivity index (χ0n) is 10.8. The third kappa shape index (κ3) is 4.33. The highest BCUT2D eigenvalue weighted by Gasteiger charge is 2.18. The van der Waals surface area contributed by atoms with E-state index in [0.717, 1.165) is 45.7 Å². The molecule has 1 aromatic rings. The summed E-state index contributed by atoms with van der Waals surface area (Å²) in [6, 6.07) is 4.32. The maximum Gasteiger partial charge on any atom is 0.0789 e. The smallest absolute Gasteiger partial charge is 0.0789 e. The van der Waals surface area contributed by atoms with Crippen LogP contribution in [0.3, 0.4) is 0 Å². The predicted molar refractivity (Wildman–Crippen MR) is 76.0 cm³/mol. The van der Waals surface area contributed by atoms with Crippen LogP contribution in [0, 0.1) is 0 Å². The lowest BCUT2D eigenvalue weighted by Gasteiger charge is -2.35. The lowest BCUT2D eigenvalue weighted by molar-refractivity contribution is 0.0770. The second-order valence-corrected chi connectivity index (χ2v) is 5.89. The Morgan fingerprint density at radius 2 is 2.00 bits per heavy atom. The van der Waals surface area contributed by atoms with E-state index in [2.05, 4.69) is 27.3 Å². The molecule has 2 heterocycles. The lowest BCUT2D eigenvalue weighted by Crippen LogP contribution is -2.49. The Morgan fingerprint density at radius 1 is 1.28 bits per heavy atom. The third-order valence-corrected chi connectivity index (χ3v) is 4.40. The van der Waals surface area contributed by atoms with Crippen LogP contribution in [0.15, 0.2) is 17.5 Å². The van der Waals surface area contributed by atoms with E-state index in [9.17, 15) is 5.11 Å². The van der Waals surface area contributed by atoms with Crippen LogP contribution in [0.1, 0.15) is 4.88 Å². The summed E-state index contributed by atoms with van der Waals surface area (Å²) in [4.78, 5) is 6.28. The molecule has 5 heteroatoms. The fraction of sp³-hybridized carbons (Fsp3) is 0.692. The van der Waals surface area contributed by atoms with Crippen molar-refractivity contribution in [3.63, 3.8) is 0 Å². The SMILES string of the molecule is NCC(O)CN1CCN(CCc2cccs2)CC1. The van der Waals surface area contributed by atoms with Gasteiger partial charge in [-0.3, -0.25) is 4.90 Å². The molecule has 102 valence electrons. The van der Waals surface area contributed by atoms with Gasteiger partial charge in [-0.2, -0.15) is 0 Å². The van der Waals surface area contributed by atoms with E-state index in [1.807, 2.05) is 11.3 Å². The molecular formula is C13H23N3OS. The summed E-state index contributed by atoms with van der Waals surface area (Å²) in [5, 5.41) is 11.7. The van der Waals surface area contributed by atoms with Gasteiger partial charge in [0, 0.05) is 50.7 Å². The third-order valence-electron chi connectivity index (χ3n) is 3.46. The minimum absolute atomic E-state index is 0.360. The summed E-state index contributed by atoms with van der Waals surface area (Å²) in [6.45, 7) is 6.51. The van der Waals surface area contributed by atoms with Gasteiger partial charge in [0.1, 0.15) is 0 Å². The topological polar surface area (TPSA) is 52.7 Å². The van der Waals surface area contributed by atoms with Crippen molar-refractivity contribution in [2.24, 2.45) is 5.73 Å². The molecule has 0 amide bonds. The summed E-state index contributed by atoms with van der Waals surface area (Å²) in [5.41, 5.74) is 5.43. The van der Waals surface area contributed by atoms with Crippen molar-refractivity contribution in [3.8, 4) is 0 Å². The number of hydrogen-bond acceptors (Lipinski definition) is 5. The average Bonchev–Trinajstić information content (AvgIpc) is 2.91. The summed E-state index contributed by atoms with van der Waals surface area (Å²) in [6.07, 6.45) is 0.783. The van der Waals surface area contributed by atoms with Crippen molar-refractivity contribution in [3.05, 3.63) is 22.4 Å². The average molecular weight is 269 g/mol. The molecular weight excluding hydrogens is 246 g/mol. The zero-order valence-corrected chi connectivity index (χ0v) is 11.6. The summed E-state index contributed by atoms with van der Waals surface area (Å²) in [7, 11) is 0. The van der Waals surface area contributed by atoms with Crippen LogP contribution in [0.4, 0.5) is 0 Å². The van der Waals surface area contributed by atoms with Crippen molar-refractivity contribution in [2.45, 2.75) is 12.5 Å². The van der Waals surface area contributed by atoms with Gasteiger partial charge in [0.05, 0.1) is 6.10 Å². The molecule has 2 rings (SSSR count). The van der Waals surface area contributed by atoms with Crippen LogP contribution in [0.2, 0.25) is 0 Å². The highest BCUT2D eigenvalue weighted by atomic mass is 32.1. The number of thiophene rings is 1. The van der Waals surface area contributed by atoms with Gasteiger partial charge in [-0.25, -0.2) is 0 Å². The van der Waals surface area contributed by atoms with E-state index in [1.165, 1.54) is 4.88 Å². The largest absolute Gasteiger partial charge is 0.390 e. The molecule has 1 fully saturated rings. The second-order valence-electron chi connectivity index (χ2n) is 4.86. The molecule has 0 aliphatic carbocycles. The Balaban J connectivity index is 1.64. The van der Waals surface area contributed by atoms with E-state index in [4.69, 9.17) is 5.73 Å². The molecule has 1 aromatic heterocycles. The van der Waals surface area contributed by atoms with Gasteiger partial charge in [-0.05, 0) is 17.9 Å². The Hall–Kier alpha value is -0.460. The highest BCUT2D eigenvalue weighted by Crippen LogP contribution is 2.11. The van der Waals surface area contributed by atoms with Gasteiger partial charge in [0.25, 0.3) is 0 Å². The van der Waals surface area contributed by atoms with Crippen molar-refractivity contribution in [1.82, 2.24) is 9.80 Å². The van der Waals surface area contributed by atoms with E-state index in [1.54, 1.807) is 0 Å². The van der Waals surface area contributed by atoms with E-state index in [0.29, 0.717) is 6.54 Å². The first-order valence-electron chi connectivity index (χ1n) is 6.63. The number of aliphatic hydroxyl groups excluding tert-OH is 1. The molecule has 4 nitrogen and oxygen atoms in total. The number of nitrogens with two attached hydrogens (primary N) is 1. The molecule has 1 saturated heterocycles. The van der Waals surface area contributed by atoms with Crippen LogP contribution >= 0.6 is 11.3 Å². The van der Waals surface area contributed by atoms with Crippen LogP contribution < -0.4 is 5.73 Å². The molecule has 1 aliphatic heterocycles. The number of aliphatic hydroxyl groups is 1. The van der Waals surface area contributed by atoms with Crippen molar-refractivity contribution < 1.29 is 5.11 Å². The molecule has 0 radical (unpaired) electrons. The molecule has 0 spiro atoms. The predicted octanol–water partition coefficient (Wildman–Crippen LogP) is 0.228. The first-order valence-corrected chi connectivity index (χ1v) is 7.51. The Labute approximate surface area is 113 Å². The van der Waals surface area contributed by atoms with Crippen molar-refractivity contribution in [2.75, 3.05) is 45.8 Å². The minimum atomic E-state index is -0.373. The fourth-order valence-electron chi connectivity index (χ4n) is 2.29. The Kier molecular flexibility index (Phi) is 5.59. The van der Waals surface area contributed by atoms with Gasteiger partial charge in [0.2, 0.25) is 0 Å². The summed E-state index contributed by atoms with van der Waals surface area (Å²) >= 11 is 1.84. The number of rotatable bonds is 6. The molecule has 1 unspecified atom stereocenters. The van der Waals surface area contributed by atoms with Gasteiger partial charge in [-0.1, -0.05) is 6.07 Å². The summed E-state index contributed by atoms with van der Waals surface area (Å²) in [5.74, 6) is 0. The maximum absolute atomic E-state index is 9.53. The molecule has 18 heavy (non-hydrogen) atoms. The van der Waals surface area contributed by atoms with Crippen LogP contribution in [0.5, 0.6) is 0 Å². The second kappa shape index (κ2) is 7.21. The van der Waals surface area contributed by atoms with Crippen LogP contribution in [-0.4, -0.2) is 66.8 Å². The quantitative estimate of drug-likeness (QED) is 0.776. The molecule has 1 aliphatic rings. The Bertz CT molecular complexity index is 323. The molecule has 0 saturated carbocycles. The van der Waals surface area contributed by atoms with Crippen LogP contribution in [0.25, 0.3) is 0 Å². The number of hydrogen-bond donors (Lipinski definition) is 2. The molecule has 3 N–H and O–H groups in total. The standard InChI is InChI=1S/C13H23N3OS/c14-10-12(17)11-16-7-5-15(6-8-16)4-3-13-2-1-9-18-13/h1-2,9,12,17H,3-8,10-11,14H2. The number of nitrogens with zero attached hydrogens (tertiary/aromatic N) is 2. The zero-order chi connectivity index (χ0) is 12.8. The van der Waals surface area contributed by atoms with Crippen molar-refractivity contribution in [1.29, 1.82) is 0 Å². The van der Waals surface area contributed by atoms with E-state index in [-0.39, 0.29) is 6.10 Å². The van der Waals surface area contributed by atoms with E-state index < -0.39 is 0 Å². The first kappa shape index (κ1) is 14.0. The van der Waals surface area contributed by atoms with Crippen molar-refractivity contribution >= 4 is 11.3 Å². The number of β-amino-alcohol motifs (C(OH)–C–C–N with tert-alkyl or cyclic N) is 1. The molecule has 0 bridgehead atoms. The molecule has 1 atom stereocenters. The normalized spacial score (nSPS) is 20.1. The maximum atomic E-state index is 9.53.